The highest BCUT2D eigenvalue weighted by atomic mass is 32.2. The van der Waals surface area contributed by atoms with Crippen molar-refractivity contribution in [2.45, 2.75) is 37.8 Å². The molecule has 7 heteroatoms. The van der Waals surface area contributed by atoms with Gasteiger partial charge in [-0.25, -0.2) is 13.4 Å². The van der Waals surface area contributed by atoms with E-state index in [1.165, 1.54) is 16.4 Å². The zero-order chi connectivity index (χ0) is 16.6. The first-order valence-corrected chi connectivity index (χ1v) is 8.93. The first kappa shape index (κ1) is 15.7. The van der Waals surface area contributed by atoms with E-state index in [9.17, 15) is 13.7 Å². The summed E-state index contributed by atoms with van der Waals surface area (Å²) in [6.45, 7) is 4.75. The SMILES string of the molecule is CC(C)n1cnc2c1CN(S(=O)(=O)c1ccccc1C#N)CC2. The smallest absolute Gasteiger partial charge is 0.244 e. The molecule has 0 bridgehead atoms. The Morgan fingerprint density at radius 1 is 1.30 bits per heavy atom. The highest BCUT2D eigenvalue weighted by Gasteiger charge is 2.32. The molecule has 0 amide bonds. The maximum atomic E-state index is 12.9. The minimum Gasteiger partial charge on any atom is -0.331 e. The number of imidazole rings is 1. The molecule has 1 aliphatic rings. The van der Waals surface area contributed by atoms with Crippen LogP contribution < -0.4 is 0 Å². The molecular weight excluding hydrogens is 312 g/mol. The second-order valence-corrected chi connectivity index (χ2v) is 7.74. The third-order valence-electron chi connectivity index (χ3n) is 4.09. The molecule has 2 heterocycles. The fourth-order valence-electron chi connectivity index (χ4n) is 2.86. The lowest BCUT2D eigenvalue weighted by molar-refractivity contribution is 0.372. The van der Waals surface area contributed by atoms with Crippen molar-refractivity contribution >= 4 is 10.0 Å². The van der Waals surface area contributed by atoms with E-state index in [0.29, 0.717) is 13.0 Å². The van der Waals surface area contributed by atoms with Crippen LogP contribution in [0.25, 0.3) is 0 Å². The Kier molecular flexibility index (Phi) is 3.96. The predicted octanol–water partition coefficient (Wildman–Crippen LogP) is 2.08. The van der Waals surface area contributed by atoms with Crippen molar-refractivity contribution in [1.29, 1.82) is 5.26 Å². The highest BCUT2D eigenvalue weighted by molar-refractivity contribution is 7.89. The van der Waals surface area contributed by atoms with Crippen LogP contribution in [0.15, 0.2) is 35.5 Å². The maximum Gasteiger partial charge on any atom is 0.244 e. The molecule has 120 valence electrons. The molecule has 0 saturated heterocycles. The molecule has 1 aromatic heterocycles. The zero-order valence-electron chi connectivity index (χ0n) is 13.1. The van der Waals surface area contributed by atoms with Gasteiger partial charge in [0.2, 0.25) is 10.0 Å². The summed E-state index contributed by atoms with van der Waals surface area (Å²) in [4.78, 5) is 4.46. The molecule has 2 aromatic rings. The summed E-state index contributed by atoms with van der Waals surface area (Å²) >= 11 is 0. The van der Waals surface area contributed by atoms with Gasteiger partial charge in [0.15, 0.2) is 0 Å². The van der Waals surface area contributed by atoms with Crippen LogP contribution in [0.3, 0.4) is 0 Å². The van der Waals surface area contributed by atoms with Gasteiger partial charge >= 0.3 is 0 Å². The van der Waals surface area contributed by atoms with Gasteiger partial charge in [0, 0.05) is 19.0 Å². The van der Waals surface area contributed by atoms with Gasteiger partial charge in [-0.05, 0) is 26.0 Å². The van der Waals surface area contributed by atoms with Crippen molar-refractivity contribution < 1.29 is 8.42 Å². The maximum absolute atomic E-state index is 12.9. The Balaban J connectivity index is 2.00. The lowest BCUT2D eigenvalue weighted by atomic mass is 10.2. The van der Waals surface area contributed by atoms with E-state index in [1.54, 1.807) is 18.5 Å². The lowest BCUT2D eigenvalue weighted by Gasteiger charge is -2.28. The summed E-state index contributed by atoms with van der Waals surface area (Å²) in [5.74, 6) is 0. The van der Waals surface area contributed by atoms with E-state index in [4.69, 9.17) is 0 Å². The minimum absolute atomic E-state index is 0.0709. The van der Waals surface area contributed by atoms with Crippen molar-refractivity contribution in [3.8, 4) is 6.07 Å². The number of rotatable bonds is 3. The summed E-state index contributed by atoms with van der Waals surface area (Å²) in [5, 5.41) is 9.17. The number of sulfonamides is 1. The molecular formula is C16H18N4O2S. The fraction of sp³-hybridized carbons (Fsp3) is 0.375. The summed E-state index contributed by atoms with van der Waals surface area (Å²) in [6, 6.07) is 8.51. The molecule has 1 aromatic carbocycles. The molecule has 6 nitrogen and oxygen atoms in total. The molecule has 0 fully saturated rings. The number of hydrogen-bond acceptors (Lipinski definition) is 4. The van der Waals surface area contributed by atoms with Crippen LogP contribution >= 0.6 is 0 Å². The van der Waals surface area contributed by atoms with E-state index in [0.717, 1.165) is 11.4 Å². The highest BCUT2D eigenvalue weighted by Crippen LogP contribution is 2.27. The van der Waals surface area contributed by atoms with Crippen LogP contribution in [-0.2, 0) is 23.0 Å². The van der Waals surface area contributed by atoms with Crippen LogP contribution in [0.5, 0.6) is 0 Å². The molecule has 0 spiro atoms. The average Bonchev–Trinajstić information content (AvgIpc) is 2.98. The van der Waals surface area contributed by atoms with Crippen LogP contribution in [0.1, 0.15) is 36.8 Å². The molecule has 0 radical (unpaired) electrons. The van der Waals surface area contributed by atoms with E-state index < -0.39 is 10.0 Å². The predicted molar refractivity (Wildman–Crippen MR) is 85.1 cm³/mol. The molecule has 0 saturated carbocycles. The normalized spacial score (nSPS) is 15.4. The molecule has 0 N–H and O–H groups in total. The summed E-state index contributed by atoms with van der Waals surface area (Å²) in [5.41, 5.74) is 2.07. The van der Waals surface area contributed by atoms with Crippen LogP contribution in [0.2, 0.25) is 0 Å². The summed E-state index contributed by atoms with van der Waals surface area (Å²) < 4.78 is 29.3. The van der Waals surface area contributed by atoms with E-state index >= 15 is 0 Å². The largest absolute Gasteiger partial charge is 0.331 e. The second-order valence-electron chi connectivity index (χ2n) is 5.84. The van der Waals surface area contributed by atoms with Crippen molar-refractivity contribution in [2.24, 2.45) is 0 Å². The third-order valence-corrected chi connectivity index (χ3v) is 5.99. The third kappa shape index (κ3) is 2.64. The molecule has 0 atom stereocenters. The van der Waals surface area contributed by atoms with Crippen molar-refractivity contribution in [1.82, 2.24) is 13.9 Å². The molecule has 1 aliphatic heterocycles. The Morgan fingerprint density at radius 2 is 2.04 bits per heavy atom. The van der Waals surface area contributed by atoms with Crippen molar-refractivity contribution in [3.05, 3.63) is 47.5 Å². The Labute approximate surface area is 136 Å². The molecule has 23 heavy (non-hydrogen) atoms. The Morgan fingerprint density at radius 3 is 2.74 bits per heavy atom. The second kappa shape index (κ2) is 5.80. The molecule has 3 rings (SSSR count). The number of fused-ring (bicyclic) bond motifs is 1. The Hall–Kier alpha value is -2.17. The summed E-state index contributed by atoms with van der Waals surface area (Å²) in [7, 11) is -3.70. The first-order chi connectivity index (χ1) is 10.9. The monoisotopic (exact) mass is 330 g/mol. The van der Waals surface area contributed by atoms with Gasteiger partial charge in [0.05, 0.1) is 34.7 Å². The zero-order valence-corrected chi connectivity index (χ0v) is 13.9. The number of benzene rings is 1. The van der Waals surface area contributed by atoms with Crippen LogP contribution in [-0.4, -0.2) is 28.8 Å². The Bertz CT molecular complexity index is 878. The number of hydrogen-bond donors (Lipinski definition) is 0. The standard InChI is InChI=1S/C16H18N4O2S/c1-12(2)20-11-18-14-7-8-19(10-15(14)20)23(21,22)16-6-4-3-5-13(16)9-17/h3-6,11-12H,7-8,10H2,1-2H3. The van der Waals surface area contributed by atoms with Gasteiger partial charge in [-0.2, -0.15) is 9.57 Å². The topological polar surface area (TPSA) is 79.0 Å². The van der Waals surface area contributed by atoms with E-state index in [-0.39, 0.29) is 23.0 Å². The van der Waals surface area contributed by atoms with E-state index in [2.05, 4.69) is 4.98 Å². The van der Waals surface area contributed by atoms with Crippen molar-refractivity contribution in [2.75, 3.05) is 6.54 Å². The van der Waals surface area contributed by atoms with Crippen LogP contribution in [0, 0.1) is 11.3 Å². The molecule has 0 unspecified atom stereocenters. The van der Waals surface area contributed by atoms with E-state index in [1.807, 2.05) is 24.5 Å². The van der Waals surface area contributed by atoms with Gasteiger partial charge in [0.1, 0.15) is 6.07 Å². The average molecular weight is 330 g/mol. The molecule has 0 aliphatic carbocycles. The van der Waals surface area contributed by atoms with Gasteiger partial charge in [-0.1, -0.05) is 12.1 Å². The van der Waals surface area contributed by atoms with Gasteiger partial charge in [-0.15, -0.1) is 0 Å². The quantitative estimate of drug-likeness (QED) is 0.863. The fourth-order valence-corrected chi connectivity index (χ4v) is 4.40. The number of nitriles is 1. The number of nitrogens with zero attached hydrogens (tertiary/aromatic N) is 4. The minimum atomic E-state index is -3.70. The van der Waals surface area contributed by atoms with Gasteiger partial charge in [-0.3, -0.25) is 0 Å². The van der Waals surface area contributed by atoms with Crippen molar-refractivity contribution in [3.63, 3.8) is 0 Å². The van der Waals surface area contributed by atoms with Crippen LogP contribution in [0.4, 0.5) is 0 Å². The lowest BCUT2D eigenvalue weighted by Crippen LogP contribution is -2.37. The number of aromatic nitrogens is 2. The van der Waals surface area contributed by atoms with Gasteiger partial charge in [0.25, 0.3) is 0 Å². The summed E-state index contributed by atoms with van der Waals surface area (Å²) in [6.07, 6.45) is 2.36. The first-order valence-electron chi connectivity index (χ1n) is 7.49. The van der Waals surface area contributed by atoms with Gasteiger partial charge < -0.3 is 4.57 Å².